The Balaban J connectivity index is 2.05. The summed E-state index contributed by atoms with van der Waals surface area (Å²) in [6.07, 6.45) is 0.387. The van der Waals surface area contributed by atoms with Gasteiger partial charge in [-0.1, -0.05) is 42.0 Å². The molecular weight excluding hydrogens is 309 g/mol. The lowest BCUT2D eigenvalue weighted by Gasteiger charge is -2.19. The maximum absolute atomic E-state index is 13.1. The fraction of sp³-hybridized carbons (Fsp3) is 0.263. The number of carbonyl (C=O) groups is 2. The molecule has 0 spiro atoms. The highest BCUT2D eigenvalue weighted by Crippen LogP contribution is 2.19. The standard InChI is InChI=1S/C19H20FNO3/c1-13-2-4-14(5-3-13)12-18(22)21-17(10-11-19(23)24)15-6-8-16(20)9-7-15/h2-9,17H,10-12H2,1H3,(H,21,22)(H,23,24). The van der Waals surface area contributed by atoms with Gasteiger partial charge in [0, 0.05) is 6.42 Å². The average Bonchev–Trinajstić information content (AvgIpc) is 2.54. The minimum absolute atomic E-state index is 0.0765. The van der Waals surface area contributed by atoms with Gasteiger partial charge in [0.1, 0.15) is 5.82 Å². The van der Waals surface area contributed by atoms with E-state index in [1.165, 1.54) is 12.1 Å². The molecule has 0 aliphatic carbocycles. The Bertz CT molecular complexity index is 696. The molecule has 0 saturated heterocycles. The number of carbonyl (C=O) groups excluding carboxylic acids is 1. The molecule has 0 saturated carbocycles. The maximum Gasteiger partial charge on any atom is 0.303 e. The summed E-state index contributed by atoms with van der Waals surface area (Å²) in [5.41, 5.74) is 2.69. The molecule has 0 radical (unpaired) electrons. The van der Waals surface area contributed by atoms with Crippen molar-refractivity contribution >= 4 is 11.9 Å². The third kappa shape index (κ3) is 5.50. The number of carboxylic acids is 1. The Morgan fingerprint density at radius 1 is 1.08 bits per heavy atom. The quantitative estimate of drug-likeness (QED) is 0.818. The first-order chi connectivity index (χ1) is 11.4. The van der Waals surface area contributed by atoms with Gasteiger partial charge in [0.2, 0.25) is 5.91 Å². The van der Waals surface area contributed by atoms with Gasteiger partial charge in [0.05, 0.1) is 12.5 Å². The van der Waals surface area contributed by atoms with Crippen molar-refractivity contribution in [2.75, 3.05) is 0 Å². The van der Waals surface area contributed by atoms with Crippen LogP contribution in [0.1, 0.15) is 35.6 Å². The summed E-state index contributed by atoms with van der Waals surface area (Å²) in [6, 6.07) is 12.9. The summed E-state index contributed by atoms with van der Waals surface area (Å²) in [7, 11) is 0. The third-order valence-corrected chi connectivity index (χ3v) is 3.74. The molecule has 1 atom stereocenters. The van der Waals surface area contributed by atoms with Gasteiger partial charge in [0.15, 0.2) is 0 Å². The second-order valence-corrected chi connectivity index (χ2v) is 5.77. The Morgan fingerprint density at radius 2 is 1.71 bits per heavy atom. The second-order valence-electron chi connectivity index (χ2n) is 5.77. The van der Waals surface area contributed by atoms with E-state index in [9.17, 15) is 14.0 Å². The van der Waals surface area contributed by atoms with Gasteiger partial charge < -0.3 is 10.4 Å². The lowest BCUT2D eigenvalue weighted by atomic mass is 10.0. The molecule has 0 bridgehead atoms. The number of rotatable bonds is 7. The summed E-state index contributed by atoms with van der Waals surface area (Å²) in [5, 5.41) is 11.7. The number of benzene rings is 2. The Hall–Kier alpha value is -2.69. The van der Waals surface area contributed by atoms with Gasteiger partial charge in [-0.05, 0) is 36.6 Å². The maximum atomic E-state index is 13.1. The molecule has 0 heterocycles. The minimum Gasteiger partial charge on any atom is -0.481 e. The first-order valence-electron chi connectivity index (χ1n) is 7.76. The van der Waals surface area contributed by atoms with Gasteiger partial charge in [0.25, 0.3) is 0 Å². The van der Waals surface area contributed by atoms with Crippen molar-refractivity contribution < 1.29 is 19.1 Å². The van der Waals surface area contributed by atoms with Crippen LogP contribution in [0.25, 0.3) is 0 Å². The number of carboxylic acid groups (broad SMARTS) is 1. The monoisotopic (exact) mass is 329 g/mol. The summed E-state index contributed by atoms with van der Waals surface area (Å²) in [6.45, 7) is 1.97. The van der Waals surface area contributed by atoms with Crippen LogP contribution < -0.4 is 5.32 Å². The van der Waals surface area contributed by atoms with Crippen LogP contribution in [0.5, 0.6) is 0 Å². The Labute approximate surface area is 140 Å². The highest BCUT2D eigenvalue weighted by molar-refractivity contribution is 5.79. The van der Waals surface area contributed by atoms with Crippen LogP contribution in [0.2, 0.25) is 0 Å². The predicted octanol–water partition coefficient (Wildman–Crippen LogP) is 3.40. The number of halogens is 1. The van der Waals surface area contributed by atoms with Crippen LogP contribution in [-0.2, 0) is 16.0 Å². The highest BCUT2D eigenvalue weighted by Gasteiger charge is 2.16. The molecule has 1 amide bonds. The molecule has 5 heteroatoms. The van der Waals surface area contributed by atoms with E-state index in [1.54, 1.807) is 12.1 Å². The first-order valence-corrected chi connectivity index (χ1v) is 7.76. The van der Waals surface area contributed by atoms with E-state index in [-0.39, 0.29) is 31.0 Å². The predicted molar refractivity (Wildman–Crippen MR) is 89.0 cm³/mol. The summed E-state index contributed by atoms with van der Waals surface area (Å²) < 4.78 is 13.1. The molecule has 2 N–H and O–H groups in total. The van der Waals surface area contributed by atoms with E-state index >= 15 is 0 Å². The van der Waals surface area contributed by atoms with Crippen molar-refractivity contribution in [2.45, 2.75) is 32.2 Å². The van der Waals surface area contributed by atoms with E-state index in [4.69, 9.17) is 5.11 Å². The highest BCUT2D eigenvalue weighted by atomic mass is 19.1. The molecule has 0 fully saturated rings. The topological polar surface area (TPSA) is 66.4 Å². The summed E-state index contributed by atoms with van der Waals surface area (Å²) in [4.78, 5) is 23.1. The van der Waals surface area contributed by atoms with E-state index < -0.39 is 12.0 Å². The zero-order valence-corrected chi connectivity index (χ0v) is 13.5. The molecule has 0 aliphatic rings. The number of hydrogen-bond donors (Lipinski definition) is 2. The van der Waals surface area contributed by atoms with Crippen molar-refractivity contribution in [1.82, 2.24) is 5.32 Å². The van der Waals surface area contributed by atoms with E-state index in [1.807, 2.05) is 31.2 Å². The summed E-state index contributed by atoms with van der Waals surface area (Å²) >= 11 is 0. The zero-order chi connectivity index (χ0) is 17.5. The van der Waals surface area contributed by atoms with Crippen LogP contribution in [0, 0.1) is 12.7 Å². The molecule has 126 valence electrons. The minimum atomic E-state index is -0.935. The SMILES string of the molecule is Cc1ccc(CC(=O)NC(CCC(=O)O)c2ccc(F)cc2)cc1. The fourth-order valence-electron chi connectivity index (χ4n) is 2.42. The number of hydrogen-bond acceptors (Lipinski definition) is 2. The molecule has 1 unspecified atom stereocenters. The van der Waals surface area contributed by atoms with Crippen molar-refractivity contribution in [3.05, 3.63) is 71.0 Å². The normalized spacial score (nSPS) is 11.8. The molecule has 0 aromatic heterocycles. The number of nitrogens with one attached hydrogen (secondary N) is 1. The van der Waals surface area contributed by atoms with Crippen LogP contribution in [0.3, 0.4) is 0 Å². The third-order valence-electron chi connectivity index (χ3n) is 3.74. The Kier molecular flexibility index (Phi) is 6.07. The summed E-state index contributed by atoms with van der Waals surface area (Å²) in [5.74, 6) is -1.50. The zero-order valence-electron chi connectivity index (χ0n) is 13.5. The van der Waals surface area contributed by atoms with Gasteiger partial charge in [-0.2, -0.15) is 0 Å². The molecule has 24 heavy (non-hydrogen) atoms. The van der Waals surface area contributed by atoms with Gasteiger partial charge in [-0.3, -0.25) is 9.59 Å². The van der Waals surface area contributed by atoms with Crippen LogP contribution in [0.4, 0.5) is 4.39 Å². The largest absolute Gasteiger partial charge is 0.481 e. The second kappa shape index (κ2) is 8.24. The molecule has 2 aromatic carbocycles. The van der Waals surface area contributed by atoms with Crippen LogP contribution >= 0.6 is 0 Å². The van der Waals surface area contributed by atoms with Crippen molar-refractivity contribution in [3.63, 3.8) is 0 Å². The number of amides is 1. The van der Waals surface area contributed by atoms with Gasteiger partial charge >= 0.3 is 5.97 Å². The smallest absolute Gasteiger partial charge is 0.303 e. The molecule has 0 aliphatic heterocycles. The lowest BCUT2D eigenvalue weighted by Crippen LogP contribution is -2.30. The lowest BCUT2D eigenvalue weighted by molar-refractivity contribution is -0.137. The van der Waals surface area contributed by atoms with Crippen molar-refractivity contribution in [2.24, 2.45) is 0 Å². The number of aliphatic carboxylic acids is 1. The molecule has 2 aromatic rings. The fourth-order valence-corrected chi connectivity index (χ4v) is 2.42. The first kappa shape index (κ1) is 17.7. The van der Waals surface area contributed by atoms with Crippen molar-refractivity contribution in [1.29, 1.82) is 0 Å². The Morgan fingerprint density at radius 3 is 2.29 bits per heavy atom. The van der Waals surface area contributed by atoms with Crippen molar-refractivity contribution in [3.8, 4) is 0 Å². The average molecular weight is 329 g/mol. The number of aryl methyl sites for hydroxylation is 1. The van der Waals surface area contributed by atoms with Crippen LogP contribution in [0.15, 0.2) is 48.5 Å². The van der Waals surface area contributed by atoms with Gasteiger partial charge in [-0.15, -0.1) is 0 Å². The molecule has 2 rings (SSSR count). The van der Waals surface area contributed by atoms with E-state index in [0.717, 1.165) is 11.1 Å². The molecular formula is C19H20FNO3. The van der Waals surface area contributed by atoms with Gasteiger partial charge in [-0.25, -0.2) is 4.39 Å². The van der Waals surface area contributed by atoms with E-state index in [0.29, 0.717) is 5.56 Å². The van der Waals surface area contributed by atoms with Crippen LogP contribution in [-0.4, -0.2) is 17.0 Å². The van der Waals surface area contributed by atoms with E-state index in [2.05, 4.69) is 5.32 Å². The molecule has 4 nitrogen and oxygen atoms in total.